The van der Waals surface area contributed by atoms with E-state index in [0.29, 0.717) is 17.5 Å². The van der Waals surface area contributed by atoms with Crippen LogP contribution in [0.5, 0.6) is 0 Å². The van der Waals surface area contributed by atoms with Gasteiger partial charge in [0.15, 0.2) is 17.5 Å². The van der Waals surface area contributed by atoms with Gasteiger partial charge in [0, 0.05) is 54.6 Å². The van der Waals surface area contributed by atoms with Crippen LogP contribution in [0.3, 0.4) is 0 Å². The zero-order valence-electron chi connectivity index (χ0n) is 30.3. The maximum Gasteiger partial charge on any atom is 0.167 e. The maximum atomic E-state index is 6.62. The fraction of sp³-hybridized carbons (Fsp3) is 0. The normalized spacial score (nSPS) is 11.9. The monoisotopic (exact) mass is 731 g/mol. The fourth-order valence-electron chi connectivity index (χ4n) is 8.34. The first-order valence-corrected chi connectivity index (χ1v) is 18.9. The number of nitrogens with zero attached hydrogens (tertiary/aromatic N) is 3. The highest BCUT2D eigenvalue weighted by atomic mass is 16.3. The second kappa shape index (κ2) is 12.3. The second-order valence-electron chi connectivity index (χ2n) is 14.3. The minimum absolute atomic E-state index is 0.547. The van der Waals surface area contributed by atoms with Gasteiger partial charge in [0.1, 0.15) is 33.5 Å². The van der Waals surface area contributed by atoms with Crippen LogP contribution in [-0.4, -0.2) is 15.0 Å². The highest BCUT2D eigenvalue weighted by molar-refractivity contribution is 6.20. The van der Waals surface area contributed by atoms with Crippen molar-refractivity contribution in [2.45, 2.75) is 0 Å². The molecule has 0 N–H and O–H groups in total. The van der Waals surface area contributed by atoms with Gasteiger partial charge in [0.25, 0.3) is 0 Å². The third-order valence-corrected chi connectivity index (χ3v) is 11.0. The van der Waals surface area contributed by atoms with Crippen molar-refractivity contribution in [2.75, 3.05) is 0 Å². The molecular formula is C51H29N3O3. The van der Waals surface area contributed by atoms with E-state index in [1.165, 1.54) is 0 Å². The zero-order chi connectivity index (χ0) is 37.5. The minimum Gasteiger partial charge on any atom is -0.456 e. The molecular weight excluding hydrogens is 703 g/mol. The quantitative estimate of drug-likeness (QED) is 0.175. The molecule has 0 aliphatic carbocycles. The van der Waals surface area contributed by atoms with E-state index in [-0.39, 0.29) is 0 Å². The van der Waals surface area contributed by atoms with Crippen LogP contribution in [0.2, 0.25) is 0 Å². The van der Waals surface area contributed by atoms with Gasteiger partial charge in [0.2, 0.25) is 0 Å². The molecule has 0 aliphatic rings. The minimum atomic E-state index is 0.547. The van der Waals surface area contributed by atoms with Crippen LogP contribution in [0.4, 0.5) is 0 Å². The number of fused-ring (bicyclic) bond motifs is 9. The lowest BCUT2D eigenvalue weighted by molar-refractivity contribution is 0.668. The maximum absolute atomic E-state index is 6.62. The fourth-order valence-corrected chi connectivity index (χ4v) is 8.34. The molecule has 0 spiro atoms. The number of aromatic nitrogens is 3. The number of furan rings is 3. The van der Waals surface area contributed by atoms with E-state index in [2.05, 4.69) is 91.0 Å². The summed E-state index contributed by atoms with van der Waals surface area (Å²) in [4.78, 5) is 15.2. The van der Waals surface area contributed by atoms with Crippen LogP contribution >= 0.6 is 0 Å². The van der Waals surface area contributed by atoms with Gasteiger partial charge >= 0.3 is 0 Å². The van der Waals surface area contributed by atoms with Gasteiger partial charge in [-0.2, -0.15) is 0 Å². The Morgan fingerprint density at radius 1 is 0.281 bits per heavy atom. The molecule has 0 unspecified atom stereocenters. The lowest BCUT2D eigenvalue weighted by Gasteiger charge is -2.14. The van der Waals surface area contributed by atoms with Crippen molar-refractivity contribution in [3.63, 3.8) is 0 Å². The summed E-state index contributed by atoms with van der Waals surface area (Å²) in [6.45, 7) is 0. The van der Waals surface area contributed by atoms with E-state index in [9.17, 15) is 0 Å². The van der Waals surface area contributed by atoms with Gasteiger partial charge in [-0.15, -0.1) is 0 Å². The topological polar surface area (TPSA) is 78.1 Å². The van der Waals surface area contributed by atoms with E-state index in [0.717, 1.165) is 105 Å². The van der Waals surface area contributed by atoms with Crippen molar-refractivity contribution in [3.05, 3.63) is 176 Å². The Kier molecular flexibility index (Phi) is 6.83. The molecule has 8 aromatic carbocycles. The third-order valence-electron chi connectivity index (χ3n) is 11.0. The van der Waals surface area contributed by atoms with Gasteiger partial charge in [-0.05, 0) is 41.5 Å². The van der Waals surface area contributed by atoms with Crippen LogP contribution in [0.15, 0.2) is 189 Å². The smallest absolute Gasteiger partial charge is 0.167 e. The number of rotatable bonds is 5. The van der Waals surface area contributed by atoms with Crippen molar-refractivity contribution >= 4 is 65.8 Å². The molecule has 0 amide bonds. The van der Waals surface area contributed by atoms with E-state index in [1.54, 1.807) is 0 Å². The van der Waals surface area contributed by atoms with Gasteiger partial charge in [-0.25, -0.2) is 15.0 Å². The standard InChI is InChI=1S/C51H29N3O3/c1-2-12-31(13-3-1)49-52-50(54-51(53-49)40-20-11-18-37-35-15-5-8-22-42(35)57-48(37)40)32-26-24-30(25-27-32)33-28-29-44-46(38-16-6-9-23-43(38)55-44)45(33)39-19-10-17-36-34-14-4-7-21-41(34)56-47(36)39/h1-29H. The lowest BCUT2D eigenvalue weighted by Crippen LogP contribution is -2.00. The van der Waals surface area contributed by atoms with Crippen LogP contribution in [0, 0.1) is 0 Å². The Hall–Kier alpha value is -7.83. The molecule has 0 atom stereocenters. The summed E-state index contributed by atoms with van der Waals surface area (Å²) in [6.07, 6.45) is 0. The predicted molar refractivity (Wildman–Crippen MR) is 229 cm³/mol. The van der Waals surface area contributed by atoms with Crippen molar-refractivity contribution < 1.29 is 13.3 Å². The molecule has 12 rings (SSSR count). The summed E-state index contributed by atoms with van der Waals surface area (Å²) < 4.78 is 19.5. The highest BCUT2D eigenvalue weighted by Gasteiger charge is 2.22. The predicted octanol–water partition coefficient (Wildman–Crippen LogP) is 13.9. The van der Waals surface area contributed by atoms with E-state index in [1.807, 2.05) is 84.9 Å². The summed E-state index contributed by atoms with van der Waals surface area (Å²) in [5.41, 5.74) is 11.7. The SMILES string of the molecule is c1ccc(-c2nc(-c3ccc(-c4ccc5oc6ccccc6c5c4-c4cccc5c4oc4ccccc45)cc3)nc(-c3cccc4c3oc3ccccc34)n2)cc1. The third kappa shape index (κ3) is 4.94. The Labute approximate surface area is 325 Å². The second-order valence-corrected chi connectivity index (χ2v) is 14.3. The Bertz CT molecular complexity index is 3520. The van der Waals surface area contributed by atoms with Crippen LogP contribution in [0.25, 0.3) is 122 Å². The van der Waals surface area contributed by atoms with E-state index < -0.39 is 0 Å². The molecule has 266 valence electrons. The highest BCUT2D eigenvalue weighted by Crippen LogP contribution is 2.46. The molecule has 4 aromatic heterocycles. The summed E-state index contributed by atoms with van der Waals surface area (Å²) in [7, 11) is 0. The summed E-state index contributed by atoms with van der Waals surface area (Å²) in [5, 5.41) is 6.35. The van der Waals surface area contributed by atoms with Gasteiger partial charge in [-0.3, -0.25) is 0 Å². The van der Waals surface area contributed by atoms with Crippen LogP contribution < -0.4 is 0 Å². The Morgan fingerprint density at radius 2 is 0.772 bits per heavy atom. The molecule has 0 aliphatic heterocycles. The van der Waals surface area contributed by atoms with Crippen LogP contribution in [-0.2, 0) is 0 Å². The Morgan fingerprint density at radius 3 is 1.44 bits per heavy atom. The van der Waals surface area contributed by atoms with Gasteiger partial charge in [-0.1, -0.05) is 146 Å². The number of para-hydroxylation sites is 5. The zero-order valence-corrected chi connectivity index (χ0v) is 30.3. The molecule has 0 saturated heterocycles. The first-order valence-electron chi connectivity index (χ1n) is 18.9. The van der Waals surface area contributed by atoms with Crippen molar-refractivity contribution in [2.24, 2.45) is 0 Å². The first-order chi connectivity index (χ1) is 28.2. The largest absolute Gasteiger partial charge is 0.456 e. The van der Waals surface area contributed by atoms with Gasteiger partial charge in [0.05, 0.1) is 5.56 Å². The molecule has 57 heavy (non-hydrogen) atoms. The summed E-state index contributed by atoms with van der Waals surface area (Å²) in [6, 6.07) is 59.8. The van der Waals surface area contributed by atoms with Crippen molar-refractivity contribution in [1.29, 1.82) is 0 Å². The molecule has 0 fully saturated rings. The summed E-state index contributed by atoms with van der Waals surface area (Å²) >= 11 is 0. The summed E-state index contributed by atoms with van der Waals surface area (Å²) in [5.74, 6) is 1.71. The van der Waals surface area contributed by atoms with E-state index >= 15 is 0 Å². The molecule has 0 radical (unpaired) electrons. The molecule has 0 bridgehead atoms. The van der Waals surface area contributed by atoms with Crippen molar-refractivity contribution in [1.82, 2.24) is 15.0 Å². The van der Waals surface area contributed by atoms with Crippen molar-refractivity contribution in [3.8, 4) is 56.4 Å². The molecule has 12 aromatic rings. The first kappa shape index (κ1) is 31.5. The molecule has 0 saturated carbocycles. The van der Waals surface area contributed by atoms with E-state index in [4.69, 9.17) is 28.2 Å². The molecule has 4 heterocycles. The van der Waals surface area contributed by atoms with Crippen LogP contribution in [0.1, 0.15) is 0 Å². The number of benzene rings is 8. The lowest BCUT2D eigenvalue weighted by atomic mass is 9.89. The molecule has 6 nitrogen and oxygen atoms in total. The average Bonchev–Trinajstić information content (AvgIpc) is 3.98. The molecule has 6 heteroatoms. The number of hydrogen-bond donors (Lipinski definition) is 0. The van der Waals surface area contributed by atoms with Gasteiger partial charge < -0.3 is 13.3 Å². The average molecular weight is 732 g/mol. The Balaban J connectivity index is 1.05. The number of hydrogen-bond acceptors (Lipinski definition) is 6.